The number of nitrogens with two attached hydrogens (primary N) is 1. The van der Waals surface area contributed by atoms with Gasteiger partial charge in [0.25, 0.3) is 5.91 Å². The lowest BCUT2D eigenvalue weighted by Crippen LogP contribution is -2.39. The number of rotatable bonds is 4. The Hall–Kier alpha value is -1.62. The summed E-state index contributed by atoms with van der Waals surface area (Å²) in [7, 11) is 0. The Balaban J connectivity index is 2.14. The second-order valence-electron chi connectivity index (χ2n) is 5.07. The standard InChI is InChI=1S/C14H20FN3O/c1-9(10-4-3-7-17-8-10)18-12-6-2-5-11(15)13(12)14(16)19/h2,5-6,9-10,17-18H,3-4,7-8H2,1H3,(H2,16,19). The highest BCUT2D eigenvalue weighted by atomic mass is 19.1. The second-order valence-corrected chi connectivity index (χ2v) is 5.07. The van der Waals surface area contributed by atoms with Crippen LogP contribution in [0.3, 0.4) is 0 Å². The molecule has 0 bridgehead atoms. The molecule has 104 valence electrons. The molecule has 1 aliphatic heterocycles. The first-order chi connectivity index (χ1) is 9.09. The minimum absolute atomic E-state index is 0.0573. The van der Waals surface area contributed by atoms with Gasteiger partial charge in [0.1, 0.15) is 5.82 Å². The van der Waals surface area contributed by atoms with E-state index >= 15 is 0 Å². The lowest BCUT2D eigenvalue weighted by Gasteiger charge is -2.30. The molecule has 4 nitrogen and oxygen atoms in total. The Labute approximate surface area is 112 Å². The van der Waals surface area contributed by atoms with Gasteiger partial charge in [0.2, 0.25) is 0 Å². The van der Waals surface area contributed by atoms with Gasteiger partial charge in [0.15, 0.2) is 0 Å². The molecule has 4 N–H and O–H groups in total. The van der Waals surface area contributed by atoms with Crippen LogP contribution < -0.4 is 16.4 Å². The number of carbonyl (C=O) groups excluding carboxylic acids is 1. The minimum Gasteiger partial charge on any atom is -0.382 e. The average Bonchev–Trinajstić information content (AvgIpc) is 2.39. The third-order valence-corrected chi connectivity index (χ3v) is 3.69. The Bertz CT molecular complexity index is 458. The zero-order valence-corrected chi connectivity index (χ0v) is 11.1. The van der Waals surface area contributed by atoms with E-state index in [0.717, 1.165) is 25.9 Å². The van der Waals surface area contributed by atoms with Crippen LogP contribution in [0.15, 0.2) is 18.2 Å². The summed E-state index contributed by atoms with van der Waals surface area (Å²) in [5, 5.41) is 6.57. The molecule has 0 spiro atoms. The summed E-state index contributed by atoms with van der Waals surface area (Å²) in [6, 6.07) is 4.68. The summed E-state index contributed by atoms with van der Waals surface area (Å²) in [4.78, 5) is 11.3. The second kappa shape index (κ2) is 6.02. The summed E-state index contributed by atoms with van der Waals surface area (Å²) in [6.07, 6.45) is 2.27. The smallest absolute Gasteiger partial charge is 0.253 e. The molecule has 2 atom stereocenters. The van der Waals surface area contributed by atoms with Gasteiger partial charge in [-0.15, -0.1) is 0 Å². The molecular formula is C14H20FN3O. The van der Waals surface area contributed by atoms with Gasteiger partial charge in [-0.2, -0.15) is 0 Å². The molecule has 5 heteroatoms. The van der Waals surface area contributed by atoms with Gasteiger partial charge in [-0.1, -0.05) is 6.07 Å². The molecule has 0 radical (unpaired) electrons. The van der Waals surface area contributed by atoms with Gasteiger partial charge in [-0.25, -0.2) is 4.39 Å². The molecule has 0 saturated carbocycles. The molecule has 19 heavy (non-hydrogen) atoms. The molecule has 2 rings (SSSR count). The monoisotopic (exact) mass is 265 g/mol. The Kier molecular flexibility index (Phi) is 4.37. The van der Waals surface area contributed by atoms with Crippen LogP contribution in [-0.4, -0.2) is 25.0 Å². The number of hydrogen-bond donors (Lipinski definition) is 3. The van der Waals surface area contributed by atoms with Crippen molar-refractivity contribution < 1.29 is 9.18 Å². The lowest BCUT2D eigenvalue weighted by atomic mass is 9.92. The van der Waals surface area contributed by atoms with Gasteiger partial charge in [-0.05, 0) is 50.9 Å². The number of piperidine rings is 1. The van der Waals surface area contributed by atoms with Crippen LogP contribution in [0, 0.1) is 11.7 Å². The molecule has 1 aromatic rings. The lowest BCUT2D eigenvalue weighted by molar-refractivity contribution is 0.0997. The van der Waals surface area contributed by atoms with Gasteiger partial charge in [0, 0.05) is 6.04 Å². The van der Waals surface area contributed by atoms with E-state index in [1.165, 1.54) is 6.07 Å². The molecule has 1 aliphatic rings. The van der Waals surface area contributed by atoms with Gasteiger partial charge in [0.05, 0.1) is 11.3 Å². The largest absolute Gasteiger partial charge is 0.382 e. The summed E-state index contributed by atoms with van der Waals surface area (Å²) < 4.78 is 13.6. The predicted octanol–water partition coefficient (Wildman–Crippen LogP) is 1.72. The minimum atomic E-state index is -0.741. The van der Waals surface area contributed by atoms with E-state index in [4.69, 9.17) is 5.73 Å². The molecule has 1 heterocycles. The van der Waals surface area contributed by atoms with Crippen molar-refractivity contribution in [2.24, 2.45) is 11.7 Å². The zero-order valence-electron chi connectivity index (χ0n) is 11.1. The van der Waals surface area contributed by atoms with E-state index in [2.05, 4.69) is 10.6 Å². The van der Waals surface area contributed by atoms with Crippen LogP contribution >= 0.6 is 0 Å². The predicted molar refractivity (Wildman–Crippen MR) is 73.6 cm³/mol. The SMILES string of the molecule is CC(Nc1cccc(F)c1C(N)=O)C1CCCNC1. The highest BCUT2D eigenvalue weighted by Gasteiger charge is 2.22. The van der Waals surface area contributed by atoms with Crippen LogP contribution in [0.4, 0.5) is 10.1 Å². The first kappa shape index (κ1) is 13.8. The van der Waals surface area contributed by atoms with E-state index in [1.54, 1.807) is 12.1 Å². The Morgan fingerprint density at radius 3 is 3.00 bits per heavy atom. The quantitative estimate of drug-likeness (QED) is 0.776. The fraction of sp³-hybridized carbons (Fsp3) is 0.500. The fourth-order valence-corrected chi connectivity index (χ4v) is 2.56. The van der Waals surface area contributed by atoms with E-state index < -0.39 is 11.7 Å². The molecule has 1 aromatic carbocycles. The third-order valence-electron chi connectivity index (χ3n) is 3.69. The van der Waals surface area contributed by atoms with E-state index in [1.807, 2.05) is 6.92 Å². The molecule has 0 aromatic heterocycles. The van der Waals surface area contributed by atoms with Crippen LogP contribution in [-0.2, 0) is 0 Å². The van der Waals surface area contributed by atoms with Crippen LogP contribution in [0.1, 0.15) is 30.1 Å². The molecular weight excluding hydrogens is 245 g/mol. The summed E-state index contributed by atoms with van der Waals surface area (Å²) >= 11 is 0. The highest BCUT2D eigenvalue weighted by molar-refractivity contribution is 5.98. The number of halogens is 1. The highest BCUT2D eigenvalue weighted by Crippen LogP contribution is 2.23. The Morgan fingerprint density at radius 2 is 2.37 bits per heavy atom. The molecule has 1 fully saturated rings. The topological polar surface area (TPSA) is 67.1 Å². The first-order valence-electron chi connectivity index (χ1n) is 6.65. The molecule has 1 amide bonds. The number of carbonyl (C=O) groups is 1. The number of hydrogen-bond acceptors (Lipinski definition) is 3. The summed E-state index contributed by atoms with van der Waals surface area (Å²) in [6.45, 7) is 4.04. The van der Waals surface area contributed by atoms with Crippen molar-refractivity contribution in [2.75, 3.05) is 18.4 Å². The maximum atomic E-state index is 13.6. The molecule has 2 unspecified atom stereocenters. The van der Waals surface area contributed by atoms with Crippen LogP contribution in [0.2, 0.25) is 0 Å². The van der Waals surface area contributed by atoms with Gasteiger partial charge < -0.3 is 16.4 Å². The number of anilines is 1. The fourth-order valence-electron chi connectivity index (χ4n) is 2.56. The maximum Gasteiger partial charge on any atom is 0.253 e. The normalized spacial score (nSPS) is 20.8. The van der Waals surface area contributed by atoms with Crippen molar-refractivity contribution in [1.29, 1.82) is 0 Å². The number of benzene rings is 1. The van der Waals surface area contributed by atoms with Crippen molar-refractivity contribution in [1.82, 2.24) is 5.32 Å². The van der Waals surface area contributed by atoms with Gasteiger partial charge >= 0.3 is 0 Å². The first-order valence-corrected chi connectivity index (χ1v) is 6.65. The maximum absolute atomic E-state index is 13.6. The van der Waals surface area contributed by atoms with Crippen molar-refractivity contribution in [2.45, 2.75) is 25.8 Å². The van der Waals surface area contributed by atoms with E-state index in [9.17, 15) is 9.18 Å². The van der Waals surface area contributed by atoms with Crippen molar-refractivity contribution in [3.8, 4) is 0 Å². The Morgan fingerprint density at radius 1 is 1.58 bits per heavy atom. The third kappa shape index (κ3) is 3.23. The van der Waals surface area contributed by atoms with Crippen molar-refractivity contribution in [3.63, 3.8) is 0 Å². The number of amides is 1. The van der Waals surface area contributed by atoms with E-state index in [-0.39, 0.29) is 11.6 Å². The summed E-state index contributed by atoms with van der Waals surface area (Å²) in [5.74, 6) is -0.848. The van der Waals surface area contributed by atoms with Crippen molar-refractivity contribution in [3.05, 3.63) is 29.6 Å². The molecule has 0 aliphatic carbocycles. The zero-order chi connectivity index (χ0) is 13.8. The summed E-state index contributed by atoms with van der Waals surface area (Å²) in [5.41, 5.74) is 5.66. The number of primary amides is 1. The number of nitrogens with one attached hydrogen (secondary N) is 2. The molecule has 1 saturated heterocycles. The van der Waals surface area contributed by atoms with Crippen LogP contribution in [0.5, 0.6) is 0 Å². The van der Waals surface area contributed by atoms with Crippen molar-refractivity contribution >= 4 is 11.6 Å². The van der Waals surface area contributed by atoms with Gasteiger partial charge in [-0.3, -0.25) is 4.79 Å². The van der Waals surface area contributed by atoms with E-state index in [0.29, 0.717) is 11.6 Å². The average molecular weight is 265 g/mol. The van der Waals surface area contributed by atoms with Crippen LogP contribution in [0.25, 0.3) is 0 Å².